The highest BCUT2D eigenvalue weighted by Gasteiger charge is 2.15. The predicted molar refractivity (Wildman–Crippen MR) is 81.6 cm³/mol. The summed E-state index contributed by atoms with van der Waals surface area (Å²) in [6.45, 7) is 7.90. The summed E-state index contributed by atoms with van der Waals surface area (Å²) in [6, 6.07) is 8.12. The Hall–Kier alpha value is -2.29. The second-order valence-corrected chi connectivity index (χ2v) is 4.52. The van der Waals surface area contributed by atoms with Crippen molar-refractivity contribution in [2.45, 2.75) is 27.7 Å². The monoisotopic (exact) mass is 270 g/mol. The van der Waals surface area contributed by atoms with Gasteiger partial charge in [-0.05, 0) is 43.2 Å². The van der Waals surface area contributed by atoms with Gasteiger partial charge in [0.05, 0.1) is 0 Å². The lowest BCUT2D eigenvalue weighted by molar-refractivity contribution is 0.474. The van der Waals surface area contributed by atoms with Crippen LogP contribution < -0.4 is 5.43 Å². The van der Waals surface area contributed by atoms with E-state index in [-0.39, 0.29) is 11.2 Å². The van der Waals surface area contributed by atoms with Crippen LogP contribution in [0, 0.1) is 13.8 Å². The van der Waals surface area contributed by atoms with Gasteiger partial charge < -0.3 is 9.52 Å². The van der Waals surface area contributed by atoms with Gasteiger partial charge in [0.2, 0.25) is 0 Å². The summed E-state index contributed by atoms with van der Waals surface area (Å²) in [5, 5.41) is 10.4. The van der Waals surface area contributed by atoms with Crippen LogP contribution in [0.1, 0.15) is 25.0 Å². The number of hydrogen-bond donors (Lipinski definition) is 1. The molecule has 3 heteroatoms. The molecule has 20 heavy (non-hydrogen) atoms. The maximum absolute atomic E-state index is 11.5. The number of hydrogen-bond acceptors (Lipinski definition) is 3. The molecule has 1 aromatic carbocycles. The van der Waals surface area contributed by atoms with E-state index < -0.39 is 0 Å². The third kappa shape index (κ3) is 2.27. The Balaban J connectivity index is 0.000000704. The molecule has 104 valence electrons. The molecule has 1 aromatic rings. The molecule has 0 fully saturated rings. The fourth-order valence-electron chi connectivity index (χ4n) is 2.44. The van der Waals surface area contributed by atoms with E-state index in [9.17, 15) is 9.90 Å². The lowest BCUT2D eigenvalue weighted by Crippen LogP contribution is -2.03. The molecule has 0 spiro atoms. The summed E-state index contributed by atoms with van der Waals surface area (Å²) >= 11 is 0. The van der Waals surface area contributed by atoms with Crippen LogP contribution in [0.4, 0.5) is 0 Å². The first-order chi connectivity index (χ1) is 9.56. The van der Waals surface area contributed by atoms with E-state index in [0.29, 0.717) is 11.3 Å². The summed E-state index contributed by atoms with van der Waals surface area (Å²) in [5.74, 6) is 0.718. The second-order valence-electron chi connectivity index (χ2n) is 4.52. The van der Waals surface area contributed by atoms with Crippen LogP contribution in [-0.2, 0) is 0 Å². The Morgan fingerprint density at radius 3 is 2.45 bits per heavy atom. The van der Waals surface area contributed by atoms with Gasteiger partial charge in [0, 0.05) is 23.1 Å². The van der Waals surface area contributed by atoms with Gasteiger partial charge in [-0.15, -0.1) is 0 Å². The molecule has 1 aliphatic carbocycles. The average molecular weight is 270 g/mol. The van der Waals surface area contributed by atoms with Crippen LogP contribution in [0.25, 0.3) is 22.3 Å². The van der Waals surface area contributed by atoms with E-state index in [1.807, 2.05) is 33.8 Å². The van der Waals surface area contributed by atoms with Crippen molar-refractivity contribution in [1.29, 1.82) is 0 Å². The Morgan fingerprint density at radius 1 is 1.05 bits per heavy atom. The van der Waals surface area contributed by atoms with E-state index in [4.69, 9.17) is 4.42 Å². The van der Waals surface area contributed by atoms with Crippen LogP contribution in [0.15, 0.2) is 39.5 Å². The molecule has 0 bridgehead atoms. The maximum Gasteiger partial charge on any atom is 0.182 e. The van der Waals surface area contributed by atoms with Gasteiger partial charge in [-0.1, -0.05) is 13.8 Å². The zero-order valence-corrected chi connectivity index (χ0v) is 12.2. The van der Waals surface area contributed by atoms with Crippen molar-refractivity contribution >= 4 is 11.0 Å². The smallest absolute Gasteiger partial charge is 0.182 e. The molecule has 1 N–H and O–H groups in total. The van der Waals surface area contributed by atoms with Crippen molar-refractivity contribution in [3.63, 3.8) is 0 Å². The Bertz CT molecular complexity index is 784. The minimum Gasteiger partial charge on any atom is -0.508 e. The lowest BCUT2D eigenvalue weighted by atomic mass is 9.96. The number of benzene rings is 2. The van der Waals surface area contributed by atoms with Gasteiger partial charge >= 0.3 is 0 Å². The van der Waals surface area contributed by atoms with Crippen LogP contribution >= 0.6 is 0 Å². The third-order valence-electron chi connectivity index (χ3n) is 3.24. The Morgan fingerprint density at radius 2 is 1.75 bits per heavy atom. The number of rotatable bonds is 0. The van der Waals surface area contributed by atoms with Crippen molar-refractivity contribution in [2.24, 2.45) is 0 Å². The van der Waals surface area contributed by atoms with Crippen molar-refractivity contribution in [3.8, 4) is 17.1 Å². The minimum atomic E-state index is -0.0670. The second kappa shape index (κ2) is 5.37. The molecule has 3 nitrogen and oxygen atoms in total. The third-order valence-corrected chi connectivity index (χ3v) is 3.24. The molecule has 1 heterocycles. The quantitative estimate of drug-likeness (QED) is 0.621. The normalized spacial score (nSPS) is 10.4. The van der Waals surface area contributed by atoms with Crippen LogP contribution in [0.3, 0.4) is 0 Å². The number of phenolic OH excluding ortho intramolecular Hbond substituents is 1. The van der Waals surface area contributed by atoms with Crippen molar-refractivity contribution in [2.75, 3.05) is 0 Å². The van der Waals surface area contributed by atoms with Gasteiger partial charge in [0.1, 0.15) is 17.1 Å². The highest BCUT2D eigenvalue weighted by molar-refractivity contribution is 5.89. The van der Waals surface area contributed by atoms with Gasteiger partial charge in [-0.3, -0.25) is 4.79 Å². The highest BCUT2D eigenvalue weighted by atomic mass is 16.3. The zero-order valence-electron chi connectivity index (χ0n) is 12.2. The molecule has 0 radical (unpaired) electrons. The van der Waals surface area contributed by atoms with E-state index >= 15 is 0 Å². The predicted octanol–water partition coefficient (Wildman–Crippen LogP) is 4.25. The molecular formula is C17H18O3. The summed E-state index contributed by atoms with van der Waals surface area (Å²) in [4.78, 5) is 11.5. The topological polar surface area (TPSA) is 50.4 Å². The molecule has 0 unspecified atom stereocenters. The van der Waals surface area contributed by atoms with Gasteiger partial charge in [0.15, 0.2) is 5.43 Å². The molecule has 2 aliphatic rings. The summed E-state index contributed by atoms with van der Waals surface area (Å²) in [6.07, 6.45) is 0. The van der Waals surface area contributed by atoms with E-state index in [1.54, 1.807) is 18.2 Å². The molecule has 0 saturated heterocycles. The first-order valence-electron chi connectivity index (χ1n) is 6.73. The van der Waals surface area contributed by atoms with E-state index in [1.165, 1.54) is 6.07 Å². The zero-order chi connectivity index (χ0) is 14.9. The fraction of sp³-hybridized carbons (Fsp3) is 0.235. The minimum absolute atomic E-state index is 0.0670. The lowest BCUT2D eigenvalue weighted by Gasteiger charge is -2.13. The fourth-order valence-corrected chi connectivity index (χ4v) is 2.44. The molecular weight excluding hydrogens is 252 g/mol. The number of fused-ring (bicyclic) bond motifs is 2. The number of aryl methyl sites for hydroxylation is 2. The van der Waals surface area contributed by atoms with Crippen molar-refractivity contribution in [1.82, 2.24) is 0 Å². The molecule has 1 aliphatic heterocycles. The van der Waals surface area contributed by atoms with E-state index in [0.717, 1.165) is 22.1 Å². The van der Waals surface area contributed by atoms with Gasteiger partial charge in [-0.25, -0.2) is 0 Å². The maximum atomic E-state index is 11.5. The Labute approximate surface area is 117 Å². The summed E-state index contributed by atoms with van der Waals surface area (Å²) in [7, 11) is 0. The molecule has 3 rings (SSSR count). The summed E-state index contributed by atoms with van der Waals surface area (Å²) in [5.41, 5.74) is 3.46. The van der Waals surface area contributed by atoms with Crippen LogP contribution in [0.5, 0.6) is 5.75 Å². The van der Waals surface area contributed by atoms with Crippen molar-refractivity contribution < 1.29 is 9.52 Å². The molecule has 0 atom stereocenters. The van der Waals surface area contributed by atoms with Crippen LogP contribution in [0.2, 0.25) is 0 Å². The standard InChI is InChI=1S/C15H12O3.C2H6/c1-8-5-11(17)7-14-15(8)9(2)12-4-3-10(16)6-13(12)18-14;1-2/h3-7,16H,1-2H3;1-2H3. The average Bonchev–Trinajstić information content (AvgIpc) is 2.39. The highest BCUT2D eigenvalue weighted by Crippen LogP contribution is 2.35. The first kappa shape index (κ1) is 14.1. The number of phenols is 1. The first-order valence-corrected chi connectivity index (χ1v) is 6.73. The number of aromatic hydroxyl groups is 1. The summed E-state index contributed by atoms with van der Waals surface area (Å²) < 4.78 is 5.71. The molecule has 0 saturated carbocycles. The van der Waals surface area contributed by atoms with Gasteiger partial charge in [-0.2, -0.15) is 0 Å². The molecule has 0 aromatic heterocycles. The Kier molecular flexibility index (Phi) is 3.79. The van der Waals surface area contributed by atoms with E-state index in [2.05, 4.69) is 0 Å². The van der Waals surface area contributed by atoms with Crippen molar-refractivity contribution in [3.05, 3.63) is 51.7 Å². The van der Waals surface area contributed by atoms with Crippen LogP contribution in [-0.4, -0.2) is 5.11 Å². The molecule has 0 amide bonds. The largest absolute Gasteiger partial charge is 0.508 e. The SMILES string of the molecule is CC.Cc1cc(=O)cc2oc3cc(O)ccc3c(C)c1-2. The van der Waals surface area contributed by atoms with Gasteiger partial charge in [0.25, 0.3) is 0 Å².